The fraction of sp³-hybridized carbons (Fsp3) is 0.154. The van der Waals surface area contributed by atoms with Crippen molar-refractivity contribution in [3.05, 3.63) is 47.1 Å². The van der Waals surface area contributed by atoms with Crippen molar-refractivity contribution in [3.8, 4) is 0 Å². The molecule has 3 rings (SSSR count). The Hall–Kier alpha value is -2.48. The molecular formula is C13H12FN5OS. The van der Waals surface area contributed by atoms with E-state index in [4.69, 9.17) is 5.73 Å². The molecule has 1 amide bonds. The summed E-state index contributed by atoms with van der Waals surface area (Å²) in [6, 6.07) is 2.54. The van der Waals surface area contributed by atoms with Crippen LogP contribution in [0.3, 0.4) is 0 Å². The summed E-state index contributed by atoms with van der Waals surface area (Å²) in [5.74, 6) is -0.867. The van der Waals surface area contributed by atoms with Gasteiger partial charge in [-0.15, -0.1) is 11.3 Å². The number of imidazole rings is 1. The Morgan fingerprint density at radius 2 is 2.33 bits per heavy atom. The van der Waals surface area contributed by atoms with Gasteiger partial charge < -0.3 is 15.5 Å². The molecule has 0 spiro atoms. The Balaban J connectivity index is 1.82. The average molecular weight is 305 g/mol. The molecule has 0 saturated heterocycles. The number of nitrogens with one attached hydrogen (secondary N) is 1. The molecule has 1 atom stereocenters. The Morgan fingerprint density at radius 3 is 3.00 bits per heavy atom. The summed E-state index contributed by atoms with van der Waals surface area (Å²) in [5, 5.41) is 4.98. The summed E-state index contributed by atoms with van der Waals surface area (Å²) >= 11 is 1.31. The molecule has 21 heavy (non-hydrogen) atoms. The van der Waals surface area contributed by atoms with Gasteiger partial charge in [0.15, 0.2) is 16.6 Å². The summed E-state index contributed by atoms with van der Waals surface area (Å²) in [4.78, 5) is 20.3. The normalized spacial score (nSPS) is 12.5. The summed E-state index contributed by atoms with van der Waals surface area (Å²) in [6.07, 6.45) is 3.11. The second-order valence-electron chi connectivity index (χ2n) is 4.52. The molecule has 3 aromatic heterocycles. The summed E-state index contributed by atoms with van der Waals surface area (Å²) in [6.45, 7) is 1.79. The first-order valence-electron chi connectivity index (χ1n) is 6.19. The first-order chi connectivity index (χ1) is 10.0. The van der Waals surface area contributed by atoms with Crippen LogP contribution >= 0.6 is 11.3 Å². The van der Waals surface area contributed by atoms with E-state index in [0.717, 1.165) is 0 Å². The Bertz CT molecular complexity index is 812. The van der Waals surface area contributed by atoms with Crippen LogP contribution in [0.1, 0.15) is 29.1 Å². The molecule has 0 aliphatic rings. The van der Waals surface area contributed by atoms with Crippen LogP contribution in [0.25, 0.3) is 5.65 Å². The fourth-order valence-corrected chi connectivity index (χ4v) is 2.59. The van der Waals surface area contributed by atoms with Gasteiger partial charge in [0.2, 0.25) is 0 Å². The fourth-order valence-electron chi connectivity index (χ4n) is 1.93. The van der Waals surface area contributed by atoms with Crippen LogP contribution in [0.4, 0.5) is 9.52 Å². The van der Waals surface area contributed by atoms with Crippen LogP contribution in [0.5, 0.6) is 0 Å². The van der Waals surface area contributed by atoms with E-state index in [1.165, 1.54) is 28.0 Å². The molecule has 0 aliphatic carbocycles. The highest BCUT2D eigenvalue weighted by Gasteiger charge is 2.17. The van der Waals surface area contributed by atoms with E-state index in [9.17, 15) is 9.18 Å². The van der Waals surface area contributed by atoms with Gasteiger partial charge in [-0.3, -0.25) is 4.79 Å². The van der Waals surface area contributed by atoms with Gasteiger partial charge in [0.05, 0.1) is 11.7 Å². The lowest BCUT2D eigenvalue weighted by Crippen LogP contribution is -2.27. The second kappa shape index (κ2) is 5.13. The van der Waals surface area contributed by atoms with E-state index in [2.05, 4.69) is 15.3 Å². The zero-order valence-electron chi connectivity index (χ0n) is 11.1. The van der Waals surface area contributed by atoms with Crippen LogP contribution < -0.4 is 11.1 Å². The Labute approximate surface area is 123 Å². The van der Waals surface area contributed by atoms with Crippen LogP contribution in [-0.2, 0) is 0 Å². The van der Waals surface area contributed by atoms with Gasteiger partial charge in [-0.25, -0.2) is 14.4 Å². The maximum absolute atomic E-state index is 13.6. The zero-order valence-corrected chi connectivity index (χ0v) is 11.9. The van der Waals surface area contributed by atoms with Crippen molar-refractivity contribution < 1.29 is 9.18 Å². The Morgan fingerprint density at radius 1 is 1.52 bits per heavy atom. The molecular weight excluding hydrogens is 293 g/mol. The van der Waals surface area contributed by atoms with Crippen molar-refractivity contribution in [1.82, 2.24) is 19.7 Å². The van der Waals surface area contributed by atoms with E-state index >= 15 is 0 Å². The van der Waals surface area contributed by atoms with E-state index < -0.39 is 11.7 Å². The lowest BCUT2D eigenvalue weighted by atomic mass is 10.2. The molecule has 6 nitrogen and oxygen atoms in total. The predicted octanol–water partition coefficient (Wildman–Crippen LogP) is 2.00. The maximum Gasteiger partial charge on any atom is 0.272 e. The number of carbonyl (C=O) groups is 1. The lowest BCUT2D eigenvalue weighted by Gasteiger charge is -2.09. The van der Waals surface area contributed by atoms with Crippen molar-refractivity contribution in [2.45, 2.75) is 13.0 Å². The van der Waals surface area contributed by atoms with Crippen LogP contribution in [0.2, 0.25) is 0 Å². The smallest absolute Gasteiger partial charge is 0.272 e. The number of hydrogen-bond donors (Lipinski definition) is 2. The van der Waals surface area contributed by atoms with Crippen molar-refractivity contribution in [2.75, 3.05) is 5.73 Å². The predicted molar refractivity (Wildman–Crippen MR) is 77.6 cm³/mol. The van der Waals surface area contributed by atoms with Gasteiger partial charge in [-0.05, 0) is 19.1 Å². The summed E-state index contributed by atoms with van der Waals surface area (Å²) in [7, 11) is 0. The number of pyridine rings is 1. The molecule has 1 unspecified atom stereocenters. The van der Waals surface area contributed by atoms with E-state index in [1.54, 1.807) is 24.6 Å². The molecule has 8 heteroatoms. The van der Waals surface area contributed by atoms with Gasteiger partial charge in [0, 0.05) is 17.8 Å². The average Bonchev–Trinajstić information content (AvgIpc) is 3.05. The minimum Gasteiger partial charge on any atom is -0.375 e. The number of amides is 1. The number of fused-ring (bicyclic) bond motifs is 1. The molecule has 0 aromatic carbocycles. The van der Waals surface area contributed by atoms with Gasteiger partial charge >= 0.3 is 0 Å². The monoisotopic (exact) mass is 305 g/mol. The number of halogens is 1. The standard InChI is InChI=1S/C13H12FN5OS/c1-7(10-6-21-13(15)18-10)16-12(20)9-5-19-4-2-3-8(14)11(19)17-9/h2-7H,1H3,(H2,15,18)(H,16,20). The van der Waals surface area contributed by atoms with Crippen molar-refractivity contribution in [3.63, 3.8) is 0 Å². The topological polar surface area (TPSA) is 85.3 Å². The number of thiazole rings is 1. The van der Waals surface area contributed by atoms with Crippen molar-refractivity contribution in [1.29, 1.82) is 0 Å². The summed E-state index contributed by atoms with van der Waals surface area (Å²) < 4.78 is 15.0. The third-order valence-electron chi connectivity index (χ3n) is 3.00. The SMILES string of the molecule is CC(NC(=O)c1cn2cccc(F)c2n1)c1csc(N)n1. The number of rotatable bonds is 3. The zero-order chi connectivity index (χ0) is 15.0. The number of nitrogens with two attached hydrogens (primary N) is 1. The molecule has 0 saturated carbocycles. The molecule has 108 valence electrons. The minimum absolute atomic E-state index is 0.119. The highest BCUT2D eigenvalue weighted by atomic mass is 32.1. The molecule has 0 bridgehead atoms. The Kier molecular flexibility index (Phi) is 3.30. The minimum atomic E-state index is -0.475. The highest BCUT2D eigenvalue weighted by Crippen LogP contribution is 2.18. The largest absolute Gasteiger partial charge is 0.375 e. The van der Waals surface area contributed by atoms with E-state index in [0.29, 0.717) is 10.8 Å². The molecule has 0 fully saturated rings. The van der Waals surface area contributed by atoms with Crippen LogP contribution in [0, 0.1) is 5.82 Å². The van der Waals surface area contributed by atoms with Crippen molar-refractivity contribution >= 4 is 28.0 Å². The van der Waals surface area contributed by atoms with Crippen molar-refractivity contribution in [2.24, 2.45) is 0 Å². The number of carbonyl (C=O) groups excluding carboxylic acids is 1. The number of aromatic nitrogens is 3. The van der Waals surface area contributed by atoms with E-state index in [1.807, 2.05) is 0 Å². The number of hydrogen-bond acceptors (Lipinski definition) is 5. The number of anilines is 1. The lowest BCUT2D eigenvalue weighted by molar-refractivity contribution is 0.0935. The molecule has 3 heterocycles. The second-order valence-corrected chi connectivity index (χ2v) is 5.41. The molecule has 3 aromatic rings. The summed E-state index contributed by atoms with van der Waals surface area (Å²) in [5.41, 5.74) is 6.51. The van der Waals surface area contributed by atoms with Gasteiger partial charge in [0.1, 0.15) is 5.69 Å². The molecule has 0 radical (unpaired) electrons. The quantitative estimate of drug-likeness (QED) is 0.775. The third kappa shape index (κ3) is 2.57. The number of nitrogen functional groups attached to an aromatic ring is 1. The maximum atomic E-state index is 13.6. The van der Waals surface area contributed by atoms with Crippen LogP contribution in [-0.4, -0.2) is 20.3 Å². The van der Waals surface area contributed by atoms with Crippen LogP contribution in [0.15, 0.2) is 29.9 Å². The van der Waals surface area contributed by atoms with E-state index in [-0.39, 0.29) is 17.4 Å². The van der Waals surface area contributed by atoms with Gasteiger partial charge in [-0.1, -0.05) is 0 Å². The molecule has 3 N–H and O–H groups in total. The number of nitrogens with zero attached hydrogens (tertiary/aromatic N) is 3. The first kappa shape index (κ1) is 13.5. The van der Waals surface area contributed by atoms with Gasteiger partial charge in [0.25, 0.3) is 5.91 Å². The highest BCUT2D eigenvalue weighted by molar-refractivity contribution is 7.13. The third-order valence-corrected chi connectivity index (χ3v) is 3.69. The van der Waals surface area contributed by atoms with Gasteiger partial charge in [-0.2, -0.15) is 0 Å². The first-order valence-corrected chi connectivity index (χ1v) is 7.07. The molecule has 0 aliphatic heterocycles.